The lowest BCUT2D eigenvalue weighted by molar-refractivity contribution is 0.769. The molecule has 0 aliphatic heterocycles. The zero-order valence-corrected chi connectivity index (χ0v) is 11.1. The summed E-state index contributed by atoms with van der Waals surface area (Å²) in [5, 5.41) is 3.24. The summed E-state index contributed by atoms with van der Waals surface area (Å²) in [5.74, 6) is 5.81. The van der Waals surface area contributed by atoms with E-state index >= 15 is 0 Å². The van der Waals surface area contributed by atoms with E-state index in [4.69, 9.17) is 0 Å². The number of benzene rings is 1. The monoisotopic (exact) mass is 315 g/mol. The minimum Gasteiger partial charge on any atom is -0.302 e. The molecule has 0 unspecified atom stereocenters. The Hall–Kier alpha value is -0.300. The number of hydrogen-bond acceptors (Lipinski definition) is 1. The van der Waals surface area contributed by atoms with Crippen LogP contribution in [0.2, 0.25) is 0 Å². The summed E-state index contributed by atoms with van der Waals surface area (Å²) in [5.41, 5.74) is 1.24. The Kier molecular flexibility index (Phi) is 5.24. The molecule has 1 N–H and O–H groups in total. The molecule has 0 aromatic heterocycles. The lowest BCUT2D eigenvalue weighted by atomic mass is 10.2. The first-order chi connectivity index (χ1) is 6.72. The molecule has 3 heteroatoms. The third kappa shape index (κ3) is 4.28. The van der Waals surface area contributed by atoms with Gasteiger partial charge < -0.3 is 5.32 Å². The molecule has 0 amide bonds. The minimum absolute atomic E-state index is 0.737. The summed E-state index contributed by atoms with van der Waals surface area (Å²) in [6.45, 7) is 3.42. The highest BCUT2D eigenvalue weighted by Crippen LogP contribution is 2.19. The van der Waals surface area contributed by atoms with E-state index in [1.165, 1.54) is 5.56 Å². The van der Waals surface area contributed by atoms with E-state index < -0.39 is 0 Å². The molecule has 0 fully saturated rings. The fraction of sp³-hybridized carbons (Fsp3) is 0.273. The van der Waals surface area contributed by atoms with Gasteiger partial charge in [0.25, 0.3) is 0 Å². The molecule has 1 rings (SSSR count). The van der Waals surface area contributed by atoms with Gasteiger partial charge in [-0.25, -0.2) is 0 Å². The topological polar surface area (TPSA) is 12.0 Å². The Bertz CT molecular complexity index is 343. The summed E-state index contributed by atoms with van der Waals surface area (Å²) in [4.78, 5) is 0. The maximum Gasteiger partial charge on any atom is 0.0578 e. The second-order valence-corrected chi connectivity index (χ2v) is 4.64. The first-order valence-electron chi connectivity index (χ1n) is 4.27. The van der Waals surface area contributed by atoms with Gasteiger partial charge in [0.2, 0.25) is 0 Å². The molecule has 0 atom stereocenters. The summed E-state index contributed by atoms with van der Waals surface area (Å²) >= 11 is 6.90. The van der Waals surface area contributed by atoms with Crippen molar-refractivity contribution in [1.82, 2.24) is 5.32 Å². The highest BCUT2D eigenvalue weighted by atomic mass is 79.9. The summed E-state index contributed by atoms with van der Waals surface area (Å²) in [6.07, 6.45) is 0. The molecule has 74 valence electrons. The molecule has 1 nitrogen and oxygen atoms in total. The fourth-order valence-electron chi connectivity index (χ4n) is 1.07. The summed E-state index contributed by atoms with van der Waals surface area (Å²) < 4.78 is 2.18. The van der Waals surface area contributed by atoms with Crippen LogP contribution in [0.4, 0.5) is 0 Å². The second-order valence-electron chi connectivity index (χ2n) is 2.81. The van der Waals surface area contributed by atoms with Crippen molar-refractivity contribution in [2.24, 2.45) is 0 Å². The molecular weight excluding hydrogens is 306 g/mol. The minimum atomic E-state index is 0.737. The van der Waals surface area contributed by atoms with Gasteiger partial charge in [-0.2, -0.15) is 0 Å². The standard InChI is InChI=1S/C11H11Br2N/c1-2-3-4-14-8-9-5-10(12)7-11(13)6-9/h5-7,14H,4,8H2,1H3. The van der Waals surface area contributed by atoms with Crippen LogP contribution < -0.4 is 5.32 Å². The second kappa shape index (κ2) is 6.23. The van der Waals surface area contributed by atoms with E-state index in [0.29, 0.717) is 0 Å². The van der Waals surface area contributed by atoms with Gasteiger partial charge in [0.05, 0.1) is 6.54 Å². The van der Waals surface area contributed by atoms with Crippen LogP contribution in [0.1, 0.15) is 12.5 Å². The quantitative estimate of drug-likeness (QED) is 0.666. The Balaban J connectivity index is 2.53. The molecule has 0 radical (unpaired) electrons. The lowest BCUT2D eigenvalue weighted by Crippen LogP contribution is -2.13. The molecule has 0 aliphatic carbocycles. The van der Waals surface area contributed by atoms with Gasteiger partial charge in [-0.1, -0.05) is 37.8 Å². The van der Waals surface area contributed by atoms with Crippen molar-refractivity contribution in [2.75, 3.05) is 6.54 Å². The number of halogens is 2. The SMILES string of the molecule is CC#CCNCc1cc(Br)cc(Br)c1. The molecule has 14 heavy (non-hydrogen) atoms. The van der Waals surface area contributed by atoms with Crippen LogP contribution in [0.3, 0.4) is 0 Å². The van der Waals surface area contributed by atoms with E-state index in [9.17, 15) is 0 Å². The average Bonchev–Trinajstić information content (AvgIpc) is 2.11. The van der Waals surface area contributed by atoms with Crippen LogP contribution in [-0.2, 0) is 6.54 Å². The molecule has 0 heterocycles. The van der Waals surface area contributed by atoms with Crippen molar-refractivity contribution in [1.29, 1.82) is 0 Å². The van der Waals surface area contributed by atoms with Crippen LogP contribution in [-0.4, -0.2) is 6.54 Å². The Morgan fingerprint density at radius 3 is 2.43 bits per heavy atom. The van der Waals surface area contributed by atoms with Gasteiger partial charge in [0.1, 0.15) is 0 Å². The van der Waals surface area contributed by atoms with E-state index in [1.807, 2.05) is 13.0 Å². The molecule has 0 saturated heterocycles. The van der Waals surface area contributed by atoms with Crippen molar-refractivity contribution in [2.45, 2.75) is 13.5 Å². The van der Waals surface area contributed by atoms with Crippen LogP contribution in [0, 0.1) is 11.8 Å². The van der Waals surface area contributed by atoms with Crippen molar-refractivity contribution in [3.8, 4) is 11.8 Å². The zero-order chi connectivity index (χ0) is 10.4. The van der Waals surface area contributed by atoms with Crippen LogP contribution >= 0.6 is 31.9 Å². The Morgan fingerprint density at radius 1 is 1.21 bits per heavy atom. The molecule has 1 aromatic rings. The van der Waals surface area contributed by atoms with E-state index in [-0.39, 0.29) is 0 Å². The fourth-order valence-corrected chi connectivity index (χ4v) is 2.46. The van der Waals surface area contributed by atoms with Crippen LogP contribution in [0.25, 0.3) is 0 Å². The number of hydrogen-bond donors (Lipinski definition) is 1. The molecule has 0 aliphatic rings. The van der Waals surface area contributed by atoms with E-state index in [2.05, 4.69) is 61.2 Å². The first-order valence-corrected chi connectivity index (χ1v) is 5.86. The van der Waals surface area contributed by atoms with Gasteiger partial charge in [-0.3, -0.25) is 0 Å². The molecule has 0 saturated carbocycles. The maximum atomic E-state index is 3.45. The van der Waals surface area contributed by atoms with Crippen LogP contribution in [0.15, 0.2) is 27.1 Å². The average molecular weight is 317 g/mol. The predicted molar refractivity (Wildman–Crippen MR) is 67.0 cm³/mol. The largest absolute Gasteiger partial charge is 0.302 e. The smallest absolute Gasteiger partial charge is 0.0578 e. The van der Waals surface area contributed by atoms with Gasteiger partial charge >= 0.3 is 0 Å². The van der Waals surface area contributed by atoms with Crippen molar-refractivity contribution < 1.29 is 0 Å². The summed E-state index contributed by atoms with van der Waals surface area (Å²) in [7, 11) is 0. The van der Waals surface area contributed by atoms with Gasteiger partial charge in [0.15, 0.2) is 0 Å². The summed E-state index contributed by atoms with van der Waals surface area (Å²) in [6, 6.07) is 6.21. The van der Waals surface area contributed by atoms with E-state index in [1.54, 1.807) is 0 Å². The maximum absolute atomic E-state index is 3.45. The van der Waals surface area contributed by atoms with E-state index in [0.717, 1.165) is 22.0 Å². The van der Waals surface area contributed by atoms with Crippen LogP contribution in [0.5, 0.6) is 0 Å². The van der Waals surface area contributed by atoms with Gasteiger partial charge in [0, 0.05) is 15.5 Å². The highest BCUT2D eigenvalue weighted by Gasteiger charge is 1.96. The molecule has 0 spiro atoms. The number of rotatable bonds is 3. The first kappa shape index (κ1) is 11.8. The molecular formula is C11H11Br2N. The molecule has 0 bridgehead atoms. The van der Waals surface area contributed by atoms with Crippen molar-refractivity contribution >= 4 is 31.9 Å². The Labute approximate surface area is 102 Å². The Morgan fingerprint density at radius 2 is 1.86 bits per heavy atom. The number of nitrogens with one attached hydrogen (secondary N) is 1. The van der Waals surface area contributed by atoms with Crippen molar-refractivity contribution in [3.05, 3.63) is 32.7 Å². The normalized spacial score (nSPS) is 9.36. The van der Waals surface area contributed by atoms with Gasteiger partial charge in [-0.15, -0.1) is 5.92 Å². The third-order valence-corrected chi connectivity index (χ3v) is 2.56. The zero-order valence-electron chi connectivity index (χ0n) is 7.90. The molecule has 1 aromatic carbocycles. The lowest BCUT2D eigenvalue weighted by Gasteiger charge is -2.03. The predicted octanol–water partition coefficient (Wildman–Crippen LogP) is 3.32. The van der Waals surface area contributed by atoms with Gasteiger partial charge in [-0.05, 0) is 30.7 Å². The third-order valence-electron chi connectivity index (χ3n) is 1.64. The van der Waals surface area contributed by atoms with Crippen molar-refractivity contribution in [3.63, 3.8) is 0 Å². The highest BCUT2D eigenvalue weighted by molar-refractivity contribution is 9.11.